The van der Waals surface area contributed by atoms with E-state index in [9.17, 15) is 18.4 Å². The predicted octanol–water partition coefficient (Wildman–Crippen LogP) is 1.67. The van der Waals surface area contributed by atoms with Crippen LogP contribution in [-0.2, 0) is 32.1 Å². The zero-order chi connectivity index (χ0) is 18.8. The van der Waals surface area contributed by atoms with Gasteiger partial charge in [0, 0.05) is 22.8 Å². The van der Waals surface area contributed by atoms with Crippen LogP contribution < -0.4 is 4.31 Å². The molecule has 0 fully saturated rings. The summed E-state index contributed by atoms with van der Waals surface area (Å²) in [6, 6.07) is 6.45. The molecule has 2 aromatic rings. The molecule has 136 valence electrons. The molecule has 1 aromatic carbocycles. The zero-order valence-electron chi connectivity index (χ0n) is 14.1. The minimum Gasteiger partial charge on any atom is -0.755 e. The van der Waals surface area contributed by atoms with E-state index in [1.165, 1.54) is 4.57 Å². The lowest BCUT2D eigenvalue weighted by atomic mass is 10.2. The van der Waals surface area contributed by atoms with Gasteiger partial charge in [-0.15, -0.1) is 0 Å². The molecule has 1 unspecified atom stereocenters. The highest BCUT2D eigenvalue weighted by Gasteiger charge is 2.21. The van der Waals surface area contributed by atoms with Gasteiger partial charge in [0.05, 0.1) is 11.2 Å². The first-order chi connectivity index (χ1) is 11.6. The van der Waals surface area contributed by atoms with Gasteiger partial charge >= 0.3 is 11.9 Å². The molecule has 1 atom stereocenters. The third-order valence-electron chi connectivity index (χ3n) is 3.24. The summed E-state index contributed by atoms with van der Waals surface area (Å²) < 4.78 is 30.8. The molecule has 0 aliphatic heterocycles. The fraction of sp³-hybridized carbons (Fsp3) is 0.375. The number of benzene rings is 1. The van der Waals surface area contributed by atoms with Crippen molar-refractivity contribution in [2.45, 2.75) is 32.9 Å². The summed E-state index contributed by atoms with van der Waals surface area (Å²) in [6.45, 7) is 4.35. The Bertz CT molecular complexity index is 824. The third-order valence-corrected chi connectivity index (χ3v) is 3.92. The van der Waals surface area contributed by atoms with Gasteiger partial charge in [-0.3, -0.25) is 18.1 Å². The summed E-state index contributed by atoms with van der Waals surface area (Å²) in [6.07, 6.45) is 1.56. The lowest BCUT2D eigenvalue weighted by Crippen LogP contribution is -2.36. The van der Waals surface area contributed by atoms with E-state index in [4.69, 9.17) is 9.84 Å². The number of hydrogen-bond acceptors (Lipinski definition) is 5. The summed E-state index contributed by atoms with van der Waals surface area (Å²) in [5.41, 5.74) is 0.101. The lowest BCUT2D eigenvalue weighted by Gasteiger charge is -2.28. The third kappa shape index (κ3) is 4.80. The molecule has 1 aromatic heterocycles. The Morgan fingerprint density at radius 3 is 2.56 bits per heavy atom. The van der Waals surface area contributed by atoms with E-state index in [-0.39, 0.29) is 12.2 Å². The number of aromatic nitrogens is 1. The number of carbonyl (C=O) groups is 2. The van der Waals surface area contributed by atoms with Crippen LogP contribution in [0.3, 0.4) is 0 Å². The van der Waals surface area contributed by atoms with Crippen molar-refractivity contribution in [3.63, 3.8) is 0 Å². The Morgan fingerprint density at radius 2 is 2.00 bits per heavy atom. The standard InChI is InChI=1S/C16H20N2O6S/c1-16(2,3)24-15(21)10-18(25(22)23)13-6-4-5-12-11(13)7-8-17(12)9-14(19)20/h4-8H,9-10H2,1-3H3,(H,19,20)(H,22,23)/p-1. The average molecular weight is 367 g/mol. The second-order valence-corrected chi connectivity index (χ2v) is 7.26. The fourth-order valence-electron chi connectivity index (χ4n) is 2.42. The molecule has 9 heteroatoms. The molecular weight excluding hydrogens is 348 g/mol. The van der Waals surface area contributed by atoms with E-state index in [0.717, 1.165) is 4.31 Å². The smallest absolute Gasteiger partial charge is 0.327 e. The Kier molecular flexibility index (Phi) is 5.48. The van der Waals surface area contributed by atoms with E-state index in [1.54, 1.807) is 51.2 Å². The maximum atomic E-state index is 12.0. The first-order valence-corrected chi connectivity index (χ1v) is 8.50. The van der Waals surface area contributed by atoms with Crippen LogP contribution in [0.1, 0.15) is 20.8 Å². The molecule has 0 saturated carbocycles. The number of esters is 1. The fourth-order valence-corrected chi connectivity index (χ4v) is 2.95. The van der Waals surface area contributed by atoms with Crippen LogP contribution in [0, 0.1) is 0 Å². The van der Waals surface area contributed by atoms with Gasteiger partial charge in [-0.05, 0) is 39.0 Å². The number of aliphatic carboxylic acids is 1. The van der Waals surface area contributed by atoms with Crippen LogP contribution in [0.5, 0.6) is 0 Å². The van der Waals surface area contributed by atoms with Crippen LogP contribution in [0.25, 0.3) is 10.9 Å². The van der Waals surface area contributed by atoms with Gasteiger partial charge in [-0.1, -0.05) is 6.07 Å². The van der Waals surface area contributed by atoms with Crippen LogP contribution in [-0.4, -0.2) is 42.5 Å². The molecular formula is C16H19N2O6S-. The number of fused-ring (bicyclic) bond motifs is 1. The number of carboxylic acid groups (broad SMARTS) is 1. The van der Waals surface area contributed by atoms with Crippen LogP contribution in [0.15, 0.2) is 30.5 Å². The molecule has 25 heavy (non-hydrogen) atoms. The largest absolute Gasteiger partial charge is 0.755 e. The Morgan fingerprint density at radius 1 is 1.32 bits per heavy atom. The summed E-state index contributed by atoms with van der Waals surface area (Å²) >= 11 is -2.70. The molecule has 0 radical (unpaired) electrons. The van der Waals surface area contributed by atoms with Crippen LogP contribution in [0.4, 0.5) is 5.69 Å². The van der Waals surface area contributed by atoms with E-state index in [0.29, 0.717) is 10.9 Å². The second kappa shape index (κ2) is 7.24. The molecule has 8 nitrogen and oxygen atoms in total. The molecule has 0 aliphatic rings. The van der Waals surface area contributed by atoms with Gasteiger partial charge in [-0.2, -0.15) is 0 Å². The van der Waals surface area contributed by atoms with Gasteiger partial charge < -0.3 is 19.0 Å². The van der Waals surface area contributed by atoms with Gasteiger partial charge in [-0.25, -0.2) is 0 Å². The predicted molar refractivity (Wildman–Crippen MR) is 91.7 cm³/mol. The SMILES string of the molecule is CC(C)(C)OC(=O)CN(c1cccc2c1ccn2CC(=O)O)S(=O)[O-]. The number of hydrogen-bond donors (Lipinski definition) is 1. The first kappa shape index (κ1) is 18.9. The number of carboxylic acids is 1. The van der Waals surface area contributed by atoms with Crippen molar-refractivity contribution in [2.24, 2.45) is 0 Å². The molecule has 0 amide bonds. The highest BCUT2D eigenvalue weighted by molar-refractivity contribution is 7.80. The van der Waals surface area contributed by atoms with Gasteiger partial charge in [0.1, 0.15) is 18.7 Å². The number of carbonyl (C=O) groups excluding carboxylic acids is 1. The number of ether oxygens (including phenoxy) is 1. The van der Waals surface area contributed by atoms with Crippen molar-refractivity contribution >= 4 is 39.8 Å². The number of rotatable bonds is 6. The zero-order valence-corrected chi connectivity index (χ0v) is 14.9. The van der Waals surface area contributed by atoms with E-state index in [2.05, 4.69) is 0 Å². The maximum Gasteiger partial charge on any atom is 0.327 e. The maximum absolute atomic E-state index is 12.0. The normalized spacial score (nSPS) is 12.8. The highest BCUT2D eigenvalue weighted by Crippen LogP contribution is 2.28. The molecule has 1 heterocycles. The van der Waals surface area contributed by atoms with Gasteiger partial charge in [0.25, 0.3) is 0 Å². The second-order valence-electron chi connectivity index (χ2n) is 6.39. The van der Waals surface area contributed by atoms with Crippen LogP contribution >= 0.6 is 0 Å². The van der Waals surface area contributed by atoms with E-state index < -0.39 is 35.4 Å². The molecule has 0 saturated heterocycles. The van der Waals surface area contributed by atoms with Crippen molar-refractivity contribution in [2.75, 3.05) is 10.8 Å². The summed E-state index contributed by atoms with van der Waals surface area (Å²) in [4.78, 5) is 22.9. The minimum atomic E-state index is -2.70. The molecule has 1 N–H and O–H groups in total. The topological polar surface area (TPSA) is 112 Å². The lowest BCUT2D eigenvalue weighted by molar-refractivity contribution is -0.152. The molecule has 0 aliphatic carbocycles. The first-order valence-electron chi connectivity index (χ1n) is 7.47. The van der Waals surface area contributed by atoms with E-state index >= 15 is 0 Å². The van der Waals surface area contributed by atoms with Crippen molar-refractivity contribution in [1.29, 1.82) is 0 Å². The Balaban J connectivity index is 2.39. The Labute approximate surface area is 147 Å². The van der Waals surface area contributed by atoms with Crippen molar-refractivity contribution < 1.29 is 28.2 Å². The van der Waals surface area contributed by atoms with E-state index in [1.807, 2.05) is 0 Å². The van der Waals surface area contributed by atoms with Gasteiger partial charge in [0.15, 0.2) is 0 Å². The quantitative estimate of drug-likeness (QED) is 0.614. The minimum absolute atomic E-state index is 0.251. The van der Waals surface area contributed by atoms with Crippen LogP contribution in [0.2, 0.25) is 0 Å². The number of anilines is 1. The monoisotopic (exact) mass is 367 g/mol. The summed E-state index contributed by atoms with van der Waals surface area (Å²) in [7, 11) is 0. The summed E-state index contributed by atoms with van der Waals surface area (Å²) in [5.74, 6) is -1.69. The number of nitrogens with zero attached hydrogens (tertiary/aromatic N) is 2. The summed E-state index contributed by atoms with van der Waals surface area (Å²) in [5, 5.41) is 9.47. The average Bonchev–Trinajstić information content (AvgIpc) is 2.85. The highest BCUT2D eigenvalue weighted by atomic mass is 32.2. The molecule has 0 spiro atoms. The molecule has 2 rings (SSSR count). The van der Waals surface area contributed by atoms with Crippen molar-refractivity contribution in [1.82, 2.24) is 4.57 Å². The van der Waals surface area contributed by atoms with Gasteiger partial charge in [0.2, 0.25) is 0 Å². The molecule has 0 bridgehead atoms. The van der Waals surface area contributed by atoms with Crippen molar-refractivity contribution in [3.05, 3.63) is 30.5 Å². The Hall–Kier alpha value is -2.39. The van der Waals surface area contributed by atoms with Crippen molar-refractivity contribution in [3.8, 4) is 0 Å².